The van der Waals surface area contributed by atoms with Crippen molar-refractivity contribution >= 4 is 0 Å². The molecule has 16 heavy (non-hydrogen) atoms. The van der Waals surface area contributed by atoms with Crippen molar-refractivity contribution in [2.45, 2.75) is 13.8 Å². The van der Waals surface area contributed by atoms with Crippen molar-refractivity contribution < 1.29 is 19.3 Å². The highest BCUT2D eigenvalue weighted by molar-refractivity contribution is 5.44. The summed E-state index contributed by atoms with van der Waals surface area (Å²) in [6.07, 6.45) is 0. The van der Waals surface area contributed by atoms with Gasteiger partial charge in [-0.05, 0) is 26.0 Å². The third-order valence-corrected chi connectivity index (χ3v) is 1.93. The molecular weight excluding hydrogens is 208 g/mol. The van der Waals surface area contributed by atoms with Crippen molar-refractivity contribution in [3.05, 3.63) is 18.2 Å². The number of benzene rings is 1. The largest absolute Gasteiger partial charge is 0.504 e. The van der Waals surface area contributed by atoms with E-state index in [2.05, 4.69) is 0 Å². The third kappa shape index (κ3) is 3.98. The zero-order valence-electron chi connectivity index (χ0n) is 9.73. The van der Waals surface area contributed by atoms with Crippen LogP contribution in [0.15, 0.2) is 18.2 Å². The molecule has 0 heterocycles. The van der Waals surface area contributed by atoms with Crippen molar-refractivity contribution in [3.63, 3.8) is 0 Å². The molecular formula is C12H18O4. The fraction of sp³-hybridized carbons (Fsp3) is 0.500. The van der Waals surface area contributed by atoms with Gasteiger partial charge in [0, 0.05) is 12.7 Å². The molecule has 4 heteroatoms. The second kappa shape index (κ2) is 6.95. The minimum atomic E-state index is 0.124. The molecule has 0 aromatic heterocycles. The number of hydrogen-bond acceptors (Lipinski definition) is 4. The number of phenolic OH excluding ortho intramolecular Hbond substituents is 1. The van der Waals surface area contributed by atoms with Crippen LogP contribution in [0.3, 0.4) is 0 Å². The first-order chi connectivity index (χ1) is 7.77. The molecule has 0 amide bonds. The van der Waals surface area contributed by atoms with Gasteiger partial charge >= 0.3 is 0 Å². The molecule has 1 aromatic carbocycles. The van der Waals surface area contributed by atoms with Gasteiger partial charge in [-0.1, -0.05) is 0 Å². The Hall–Kier alpha value is -1.42. The minimum absolute atomic E-state index is 0.124. The third-order valence-electron chi connectivity index (χ3n) is 1.93. The van der Waals surface area contributed by atoms with Crippen molar-refractivity contribution in [2.24, 2.45) is 0 Å². The molecule has 0 fully saturated rings. The summed E-state index contributed by atoms with van der Waals surface area (Å²) in [5, 5.41) is 9.47. The van der Waals surface area contributed by atoms with Crippen LogP contribution in [0.4, 0.5) is 0 Å². The average Bonchev–Trinajstić information content (AvgIpc) is 2.29. The molecule has 0 saturated heterocycles. The van der Waals surface area contributed by atoms with Crippen LogP contribution in [0.2, 0.25) is 0 Å². The maximum Gasteiger partial charge on any atom is 0.164 e. The molecule has 90 valence electrons. The summed E-state index contributed by atoms with van der Waals surface area (Å²) in [5.74, 6) is 1.23. The second-order valence-corrected chi connectivity index (χ2v) is 3.11. The molecule has 1 rings (SSSR count). The van der Waals surface area contributed by atoms with Gasteiger partial charge in [0.2, 0.25) is 0 Å². The Morgan fingerprint density at radius 3 is 2.56 bits per heavy atom. The molecule has 0 aliphatic heterocycles. The van der Waals surface area contributed by atoms with Crippen LogP contribution in [0.25, 0.3) is 0 Å². The van der Waals surface area contributed by atoms with Gasteiger partial charge in [-0.3, -0.25) is 0 Å². The Morgan fingerprint density at radius 1 is 1.06 bits per heavy atom. The summed E-state index contributed by atoms with van der Waals surface area (Å²) in [6, 6.07) is 4.93. The van der Waals surface area contributed by atoms with Crippen LogP contribution in [0.1, 0.15) is 13.8 Å². The first-order valence-corrected chi connectivity index (χ1v) is 5.44. The summed E-state index contributed by atoms with van der Waals surface area (Å²) in [6.45, 7) is 6.04. The van der Waals surface area contributed by atoms with E-state index in [0.717, 1.165) is 0 Å². The lowest BCUT2D eigenvalue weighted by molar-refractivity contribution is 0.110. The molecule has 0 aliphatic carbocycles. The van der Waals surface area contributed by atoms with Crippen molar-refractivity contribution in [2.75, 3.05) is 26.4 Å². The summed E-state index contributed by atoms with van der Waals surface area (Å²) < 4.78 is 15.8. The van der Waals surface area contributed by atoms with E-state index in [9.17, 15) is 5.11 Å². The fourth-order valence-corrected chi connectivity index (χ4v) is 1.22. The van der Waals surface area contributed by atoms with Gasteiger partial charge in [-0.25, -0.2) is 0 Å². The number of rotatable bonds is 7. The van der Waals surface area contributed by atoms with Gasteiger partial charge in [-0.15, -0.1) is 0 Å². The zero-order chi connectivity index (χ0) is 11.8. The van der Waals surface area contributed by atoms with Crippen LogP contribution in [0.5, 0.6) is 17.2 Å². The molecule has 1 N–H and O–H groups in total. The zero-order valence-corrected chi connectivity index (χ0v) is 9.73. The predicted octanol–water partition coefficient (Wildman–Crippen LogP) is 2.21. The molecule has 0 bridgehead atoms. The van der Waals surface area contributed by atoms with Gasteiger partial charge < -0.3 is 19.3 Å². The lowest BCUT2D eigenvalue weighted by Crippen LogP contribution is -2.06. The Kier molecular flexibility index (Phi) is 5.50. The van der Waals surface area contributed by atoms with E-state index in [1.165, 1.54) is 0 Å². The van der Waals surface area contributed by atoms with Crippen LogP contribution in [-0.4, -0.2) is 31.5 Å². The topological polar surface area (TPSA) is 47.9 Å². The number of hydrogen-bond donors (Lipinski definition) is 1. The van der Waals surface area contributed by atoms with Crippen molar-refractivity contribution in [3.8, 4) is 17.2 Å². The molecule has 0 radical (unpaired) electrons. The van der Waals surface area contributed by atoms with Crippen molar-refractivity contribution in [1.82, 2.24) is 0 Å². The fourth-order valence-electron chi connectivity index (χ4n) is 1.22. The number of ether oxygens (including phenoxy) is 3. The van der Waals surface area contributed by atoms with Crippen LogP contribution < -0.4 is 9.47 Å². The maximum absolute atomic E-state index is 9.47. The van der Waals surface area contributed by atoms with Gasteiger partial charge in [0.05, 0.1) is 13.2 Å². The maximum atomic E-state index is 9.47. The standard InChI is InChI=1S/C12H18O4/c1-3-14-7-8-16-10-5-6-11(13)12(9-10)15-4-2/h5-6,9,13H,3-4,7-8H2,1-2H3. The second-order valence-electron chi connectivity index (χ2n) is 3.11. The number of phenols is 1. The number of aromatic hydroxyl groups is 1. The normalized spacial score (nSPS) is 10.1. The molecule has 0 aliphatic rings. The SMILES string of the molecule is CCOCCOc1ccc(O)c(OCC)c1. The Morgan fingerprint density at radius 2 is 1.88 bits per heavy atom. The first-order valence-electron chi connectivity index (χ1n) is 5.44. The molecule has 0 atom stereocenters. The highest BCUT2D eigenvalue weighted by atomic mass is 16.5. The van der Waals surface area contributed by atoms with Gasteiger partial charge in [0.1, 0.15) is 12.4 Å². The lowest BCUT2D eigenvalue weighted by atomic mass is 10.3. The van der Waals surface area contributed by atoms with E-state index < -0.39 is 0 Å². The van der Waals surface area contributed by atoms with Crippen LogP contribution >= 0.6 is 0 Å². The average molecular weight is 226 g/mol. The molecule has 0 spiro atoms. The van der Waals surface area contributed by atoms with E-state index >= 15 is 0 Å². The summed E-state index contributed by atoms with van der Waals surface area (Å²) in [7, 11) is 0. The summed E-state index contributed by atoms with van der Waals surface area (Å²) in [5.41, 5.74) is 0. The Bertz CT molecular complexity index is 312. The first kappa shape index (κ1) is 12.6. The van der Waals surface area contributed by atoms with Gasteiger partial charge in [-0.2, -0.15) is 0 Å². The Balaban J connectivity index is 2.50. The molecule has 0 saturated carbocycles. The van der Waals surface area contributed by atoms with E-state index in [1.807, 2.05) is 13.8 Å². The van der Waals surface area contributed by atoms with E-state index in [-0.39, 0.29) is 5.75 Å². The molecule has 4 nitrogen and oxygen atoms in total. The molecule has 1 aromatic rings. The summed E-state index contributed by atoms with van der Waals surface area (Å²) >= 11 is 0. The lowest BCUT2D eigenvalue weighted by Gasteiger charge is -2.09. The molecule has 0 unspecified atom stereocenters. The van der Waals surface area contributed by atoms with Crippen LogP contribution in [0, 0.1) is 0 Å². The highest BCUT2D eigenvalue weighted by Gasteiger charge is 2.03. The summed E-state index contributed by atoms with van der Waals surface area (Å²) in [4.78, 5) is 0. The monoisotopic (exact) mass is 226 g/mol. The van der Waals surface area contributed by atoms with Crippen molar-refractivity contribution in [1.29, 1.82) is 0 Å². The van der Waals surface area contributed by atoms with Crippen LogP contribution in [-0.2, 0) is 4.74 Å². The van der Waals surface area contributed by atoms with Gasteiger partial charge in [0.25, 0.3) is 0 Å². The smallest absolute Gasteiger partial charge is 0.164 e. The Labute approximate surface area is 95.8 Å². The quantitative estimate of drug-likeness (QED) is 0.724. The minimum Gasteiger partial charge on any atom is -0.504 e. The highest BCUT2D eigenvalue weighted by Crippen LogP contribution is 2.30. The predicted molar refractivity (Wildman–Crippen MR) is 61.3 cm³/mol. The van der Waals surface area contributed by atoms with E-state index in [4.69, 9.17) is 14.2 Å². The van der Waals surface area contributed by atoms with Gasteiger partial charge in [0.15, 0.2) is 11.5 Å². The van der Waals surface area contributed by atoms with E-state index in [1.54, 1.807) is 18.2 Å². The van der Waals surface area contributed by atoms with E-state index in [0.29, 0.717) is 37.9 Å².